The van der Waals surface area contributed by atoms with E-state index in [2.05, 4.69) is 20.1 Å². The molecule has 0 amide bonds. The molecule has 3 heterocycles. The Hall–Kier alpha value is -1.82. The second-order valence-electron chi connectivity index (χ2n) is 4.43. The van der Waals surface area contributed by atoms with E-state index < -0.39 is 0 Å². The Bertz CT molecular complexity index is 517. The quantitative estimate of drug-likeness (QED) is 0.803. The Morgan fingerprint density at radius 1 is 1.11 bits per heavy atom. The third-order valence-electron chi connectivity index (χ3n) is 2.99. The molecule has 1 aliphatic rings. The number of rotatable bonds is 2. The molecule has 1 aliphatic heterocycles. The highest BCUT2D eigenvalue weighted by atomic mass is 16.5. The van der Waals surface area contributed by atoms with Crippen LogP contribution in [0.5, 0.6) is 0 Å². The van der Waals surface area contributed by atoms with Crippen molar-refractivity contribution in [1.82, 2.24) is 20.1 Å². The zero-order chi connectivity index (χ0) is 12.4. The summed E-state index contributed by atoms with van der Waals surface area (Å²) in [6.07, 6.45) is 5.34. The maximum Gasteiger partial charge on any atom is 0.240 e. The molecule has 0 saturated carbocycles. The summed E-state index contributed by atoms with van der Waals surface area (Å²) in [4.78, 5) is 12.7. The highest BCUT2D eigenvalue weighted by Crippen LogP contribution is 2.26. The molecule has 6 heteroatoms. The SMILES string of the molecule is Cc1cnc(-c2noc(C3CCOCC3)n2)nc1. The molecule has 2 aromatic heterocycles. The molecule has 2 aromatic rings. The molecule has 1 fully saturated rings. The molecule has 0 N–H and O–H groups in total. The second kappa shape index (κ2) is 4.81. The van der Waals surface area contributed by atoms with E-state index in [0.717, 1.165) is 31.6 Å². The van der Waals surface area contributed by atoms with Gasteiger partial charge in [0.25, 0.3) is 0 Å². The van der Waals surface area contributed by atoms with Crippen molar-refractivity contribution in [2.24, 2.45) is 0 Å². The van der Waals surface area contributed by atoms with E-state index in [1.807, 2.05) is 6.92 Å². The number of hydrogen-bond acceptors (Lipinski definition) is 6. The van der Waals surface area contributed by atoms with E-state index in [-0.39, 0.29) is 0 Å². The predicted octanol–water partition coefficient (Wildman–Crippen LogP) is 1.73. The summed E-state index contributed by atoms with van der Waals surface area (Å²) >= 11 is 0. The predicted molar refractivity (Wildman–Crippen MR) is 62.9 cm³/mol. The largest absolute Gasteiger partial charge is 0.381 e. The number of aryl methyl sites for hydroxylation is 1. The second-order valence-corrected chi connectivity index (χ2v) is 4.43. The monoisotopic (exact) mass is 246 g/mol. The van der Waals surface area contributed by atoms with Gasteiger partial charge in [-0.15, -0.1) is 0 Å². The molecule has 0 atom stereocenters. The van der Waals surface area contributed by atoms with Crippen molar-refractivity contribution < 1.29 is 9.26 Å². The van der Waals surface area contributed by atoms with Gasteiger partial charge in [-0.1, -0.05) is 5.16 Å². The molecular formula is C12H14N4O2. The first-order valence-corrected chi connectivity index (χ1v) is 6.03. The van der Waals surface area contributed by atoms with Crippen molar-refractivity contribution in [2.45, 2.75) is 25.7 Å². The zero-order valence-corrected chi connectivity index (χ0v) is 10.2. The van der Waals surface area contributed by atoms with Gasteiger partial charge >= 0.3 is 0 Å². The first-order chi connectivity index (χ1) is 8.83. The van der Waals surface area contributed by atoms with Crippen LogP contribution in [-0.4, -0.2) is 33.3 Å². The van der Waals surface area contributed by atoms with E-state index in [1.54, 1.807) is 12.4 Å². The minimum absolute atomic E-state index is 0.297. The van der Waals surface area contributed by atoms with Gasteiger partial charge in [0.05, 0.1) is 0 Å². The molecule has 0 unspecified atom stereocenters. The van der Waals surface area contributed by atoms with Crippen molar-refractivity contribution >= 4 is 0 Å². The number of aromatic nitrogens is 4. The Morgan fingerprint density at radius 3 is 2.56 bits per heavy atom. The molecule has 0 spiro atoms. The third-order valence-corrected chi connectivity index (χ3v) is 2.99. The van der Waals surface area contributed by atoms with E-state index in [0.29, 0.717) is 23.5 Å². The summed E-state index contributed by atoms with van der Waals surface area (Å²) < 4.78 is 10.6. The summed E-state index contributed by atoms with van der Waals surface area (Å²) in [7, 11) is 0. The van der Waals surface area contributed by atoms with Gasteiger partial charge in [0.1, 0.15) is 0 Å². The smallest absolute Gasteiger partial charge is 0.240 e. The van der Waals surface area contributed by atoms with E-state index in [4.69, 9.17) is 9.26 Å². The molecule has 0 bridgehead atoms. The molecule has 0 aliphatic carbocycles. The molecule has 3 rings (SSSR count). The van der Waals surface area contributed by atoms with Crippen LogP contribution in [0, 0.1) is 6.92 Å². The molecule has 0 radical (unpaired) electrons. The summed E-state index contributed by atoms with van der Waals surface area (Å²) in [5.74, 6) is 1.92. The van der Waals surface area contributed by atoms with Crippen molar-refractivity contribution in [3.8, 4) is 11.6 Å². The van der Waals surface area contributed by atoms with Crippen LogP contribution in [0.2, 0.25) is 0 Å². The molecular weight excluding hydrogens is 232 g/mol. The van der Waals surface area contributed by atoms with Gasteiger partial charge in [0.15, 0.2) is 0 Å². The fourth-order valence-electron chi connectivity index (χ4n) is 1.94. The maximum atomic E-state index is 5.31. The summed E-state index contributed by atoms with van der Waals surface area (Å²) in [5, 5.41) is 3.94. The van der Waals surface area contributed by atoms with Crippen LogP contribution in [0.1, 0.15) is 30.2 Å². The number of ether oxygens (including phenoxy) is 1. The van der Waals surface area contributed by atoms with Crippen LogP contribution < -0.4 is 0 Å². The lowest BCUT2D eigenvalue weighted by Crippen LogP contribution is -2.14. The number of hydrogen-bond donors (Lipinski definition) is 0. The Balaban J connectivity index is 1.82. The van der Waals surface area contributed by atoms with Crippen LogP contribution in [0.15, 0.2) is 16.9 Å². The van der Waals surface area contributed by atoms with Gasteiger partial charge in [-0.3, -0.25) is 0 Å². The van der Waals surface area contributed by atoms with Gasteiger partial charge in [-0.2, -0.15) is 4.98 Å². The van der Waals surface area contributed by atoms with E-state index in [9.17, 15) is 0 Å². The number of nitrogens with zero attached hydrogens (tertiary/aromatic N) is 4. The van der Waals surface area contributed by atoms with Crippen LogP contribution in [0.4, 0.5) is 0 Å². The Labute approximate surface area is 104 Å². The van der Waals surface area contributed by atoms with Crippen molar-refractivity contribution in [3.63, 3.8) is 0 Å². The maximum absolute atomic E-state index is 5.31. The van der Waals surface area contributed by atoms with Gasteiger partial charge in [-0.05, 0) is 25.3 Å². The fourth-order valence-corrected chi connectivity index (χ4v) is 1.94. The Kier molecular flexibility index (Phi) is 3.02. The highest BCUT2D eigenvalue weighted by molar-refractivity contribution is 5.41. The normalized spacial score (nSPS) is 16.9. The van der Waals surface area contributed by atoms with Crippen LogP contribution in [-0.2, 0) is 4.74 Å². The first-order valence-electron chi connectivity index (χ1n) is 6.03. The molecule has 0 aromatic carbocycles. The van der Waals surface area contributed by atoms with Crippen molar-refractivity contribution in [2.75, 3.05) is 13.2 Å². The standard InChI is InChI=1S/C12H14N4O2/c1-8-6-13-10(14-7-8)11-15-12(18-16-11)9-2-4-17-5-3-9/h6-7,9H,2-5H2,1H3. The molecule has 6 nitrogen and oxygen atoms in total. The van der Waals surface area contributed by atoms with Gasteiger partial charge < -0.3 is 9.26 Å². The first kappa shape index (κ1) is 11.3. The average molecular weight is 246 g/mol. The van der Waals surface area contributed by atoms with Gasteiger partial charge in [0.2, 0.25) is 17.5 Å². The lowest BCUT2D eigenvalue weighted by molar-refractivity contribution is 0.0778. The molecule has 1 saturated heterocycles. The van der Waals surface area contributed by atoms with Crippen molar-refractivity contribution in [1.29, 1.82) is 0 Å². The summed E-state index contributed by atoms with van der Waals surface area (Å²) in [6.45, 7) is 3.44. The van der Waals surface area contributed by atoms with E-state index in [1.165, 1.54) is 0 Å². The van der Waals surface area contributed by atoms with Crippen LogP contribution in [0.25, 0.3) is 11.6 Å². The fraction of sp³-hybridized carbons (Fsp3) is 0.500. The van der Waals surface area contributed by atoms with Crippen LogP contribution >= 0.6 is 0 Å². The van der Waals surface area contributed by atoms with Crippen molar-refractivity contribution in [3.05, 3.63) is 23.8 Å². The lowest BCUT2D eigenvalue weighted by Gasteiger charge is -2.17. The Morgan fingerprint density at radius 2 is 1.83 bits per heavy atom. The minimum atomic E-state index is 0.297. The summed E-state index contributed by atoms with van der Waals surface area (Å²) in [6, 6.07) is 0. The van der Waals surface area contributed by atoms with Crippen LogP contribution in [0.3, 0.4) is 0 Å². The molecule has 94 valence electrons. The highest BCUT2D eigenvalue weighted by Gasteiger charge is 2.22. The lowest BCUT2D eigenvalue weighted by atomic mass is 10.0. The van der Waals surface area contributed by atoms with Gasteiger partial charge in [-0.25, -0.2) is 9.97 Å². The third kappa shape index (κ3) is 2.24. The average Bonchev–Trinajstić information content (AvgIpc) is 2.90. The molecule has 18 heavy (non-hydrogen) atoms. The summed E-state index contributed by atoms with van der Waals surface area (Å²) in [5.41, 5.74) is 1.01. The topological polar surface area (TPSA) is 73.9 Å². The minimum Gasteiger partial charge on any atom is -0.381 e. The van der Waals surface area contributed by atoms with E-state index >= 15 is 0 Å². The van der Waals surface area contributed by atoms with Gasteiger partial charge in [0, 0.05) is 31.5 Å². The zero-order valence-electron chi connectivity index (χ0n) is 10.2.